The first-order valence-electron chi connectivity index (χ1n) is 6.50. The lowest BCUT2D eigenvalue weighted by Gasteiger charge is -2.31. The minimum atomic E-state index is -3.76. The zero-order chi connectivity index (χ0) is 14.7. The van der Waals surface area contributed by atoms with Crippen LogP contribution in [-0.2, 0) is 19.9 Å². The first-order valence-corrected chi connectivity index (χ1v) is 10.2. The Morgan fingerprint density at radius 1 is 1.26 bits per heavy atom. The molecule has 8 heteroatoms. The molecule has 1 fully saturated rings. The van der Waals surface area contributed by atoms with Gasteiger partial charge in [-0.3, -0.25) is 0 Å². The maximum Gasteiger partial charge on any atom is 0.228 e. The first-order chi connectivity index (χ1) is 8.62. The Hall–Kier alpha value is -0.180. The molecule has 1 aliphatic rings. The number of sulfonamides is 1. The molecule has 0 aliphatic carbocycles. The molecule has 0 radical (unpaired) electrons. The maximum absolute atomic E-state index is 12.2. The van der Waals surface area contributed by atoms with E-state index in [2.05, 4.69) is 5.32 Å². The molecule has 1 aliphatic heterocycles. The summed E-state index contributed by atoms with van der Waals surface area (Å²) in [5.74, 6) is 0.255. The Morgan fingerprint density at radius 3 is 2.32 bits per heavy atom. The molecule has 0 saturated carbocycles. The van der Waals surface area contributed by atoms with Gasteiger partial charge >= 0.3 is 0 Å². The van der Waals surface area contributed by atoms with Gasteiger partial charge in [-0.05, 0) is 45.7 Å². The van der Waals surface area contributed by atoms with E-state index in [0.717, 1.165) is 32.2 Å². The van der Waals surface area contributed by atoms with Crippen molar-refractivity contribution in [3.05, 3.63) is 0 Å². The Kier molecular flexibility index (Phi) is 5.78. The minimum Gasteiger partial charge on any atom is -0.316 e. The molecular weight excluding hydrogens is 288 g/mol. The molecule has 0 aromatic carbocycles. The fourth-order valence-electron chi connectivity index (χ4n) is 2.32. The van der Waals surface area contributed by atoms with Crippen molar-refractivity contribution in [3.8, 4) is 0 Å². The average molecular weight is 312 g/mol. The number of sulfone groups is 1. The van der Waals surface area contributed by atoms with Crippen LogP contribution in [0.4, 0.5) is 0 Å². The molecule has 114 valence electrons. The monoisotopic (exact) mass is 312 g/mol. The third-order valence-electron chi connectivity index (χ3n) is 3.13. The quantitative estimate of drug-likeness (QED) is 0.748. The van der Waals surface area contributed by atoms with Crippen molar-refractivity contribution < 1.29 is 16.8 Å². The minimum absolute atomic E-state index is 0.228. The van der Waals surface area contributed by atoms with Crippen LogP contribution in [-0.4, -0.2) is 58.2 Å². The third kappa shape index (κ3) is 5.76. The molecule has 0 amide bonds. The molecule has 0 aromatic heterocycles. The molecule has 0 spiro atoms. The molecule has 1 rings (SSSR count). The number of rotatable bonds is 6. The van der Waals surface area contributed by atoms with Crippen molar-refractivity contribution in [1.29, 1.82) is 0 Å². The van der Waals surface area contributed by atoms with Crippen molar-refractivity contribution in [2.45, 2.75) is 32.7 Å². The summed E-state index contributed by atoms with van der Waals surface area (Å²) in [5, 5.41) is 2.43. The molecule has 1 N–H and O–H groups in total. The summed E-state index contributed by atoms with van der Waals surface area (Å²) >= 11 is 0. The number of nitrogens with zero attached hydrogens (tertiary/aromatic N) is 1. The van der Waals surface area contributed by atoms with Gasteiger partial charge in [-0.15, -0.1) is 0 Å². The Morgan fingerprint density at radius 2 is 1.89 bits per heavy atom. The standard InChI is InChI=1S/C11H24N2O4S2/c1-10(2)13(8-11-5-4-6-12-7-11)19(16,17)9-18(3,14)15/h10-12H,4-9H2,1-3H3. The summed E-state index contributed by atoms with van der Waals surface area (Å²) in [4.78, 5) is 0. The van der Waals surface area contributed by atoms with Gasteiger partial charge in [0.05, 0.1) is 0 Å². The molecule has 1 unspecified atom stereocenters. The van der Waals surface area contributed by atoms with Gasteiger partial charge in [0.2, 0.25) is 10.0 Å². The zero-order valence-corrected chi connectivity index (χ0v) is 13.4. The van der Waals surface area contributed by atoms with Gasteiger partial charge in [0.15, 0.2) is 14.9 Å². The lowest BCUT2D eigenvalue weighted by molar-refractivity contribution is 0.265. The summed E-state index contributed by atoms with van der Waals surface area (Å²) in [6, 6.07) is -0.228. The number of hydrogen-bond acceptors (Lipinski definition) is 5. The van der Waals surface area contributed by atoms with E-state index in [0.29, 0.717) is 6.54 Å². The highest BCUT2D eigenvalue weighted by atomic mass is 32.3. The third-order valence-corrected chi connectivity index (χ3v) is 7.32. The van der Waals surface area contributed by atoms with E-state index in [1.165, 1.54) is 4.31 Å². The van der Waals surface area contributed by atoms with Crippen LogP contribution in [0.1, 0.15) is 26.7 Å². The van der Waals surface area contributed by atoms with Crippen molar-refractivity contribution in [2.75, 3.05) is 31.0 Å². The summed E-state index contributed by atoms with van der Waals surface area (Å²) in [7, 11) is -7.31. The van der Waals surface area contributed by atoms with Gasteiger partial charge in [0.25, 0.3) is 0 Å². The van der Waals surface area contributed by atoms with E-state index in [4.69, 9.17) is 0 Å². The Balaban J connectivity index is 2.81. The highest BCUT2D eigenvalue weighted by Crippen LogP contribution is 2.17. The Labute approximate surface area is 116 Å². The van der Waals surface area contributed by atoms with Crippen molar-refractivity contribution in [2.24, 2.45) is 5.92 Å². The van der Waals surface area contributed by atoms with Crippen LogP contribution >= 0.6 is 0 Å². The predicted molar refractivity (Wildman–Crippen MR) is 76.1 cm³/mol. The maximum atomic E-state index is 12.2. The normalized spacial score (nSPS) is 22.1. The van der Waals surface area contributed by atoms with E-state index in [9.17, 15) is 16.8 Å². The summed E-state index contributed by atoms with van der Waals surface area (Å²) in [5.41, 5.74) is 0. The lowest BCUT2D eigenvalue weighted by Crippen LogP contribution is -2.45. The van der Waals surface area contributed by atoms with Crippen molar-refractivity contribution >= 4 is 19.9 Å². The van der Waals surface area contributed by atoms with Crippen LogP contribution in [0.3, 0.4) is 0 Å². The number of nitrogens with one attached hydrogen (secondary N) is 1. The first kappa shape index (κ1) is 16.9. The van der Waals surface area contributed by atoms with Gasteiger partial charge < -0.3 is 5.32 Å². The molecule has 19 heavy (non-hydrogen) atoms. The zero-order valence-electron chi connectivity index (χ0n) is 11.8. The fourth-order valence-corrected chi connectivity index (χ4v) is 6.10. The van der Waals surface area contributed by atoms with Crippen LogP contribution in [0.2, 0.25) is 0 Å². The van der Waals surface area contributed by atoms with Crippen LogP contribution in [0.15, 0.2) is 0 Å². The Bertz CT molecular complexity index is 479. The molecule has 0 bridgehead atoms. The van der Waals surface area contributed by atoms with E-state index in [1.807, 2.05) is 0 Å². The average Bonchev–Trinajstić information content (AvgIpc) is 2.23. The summed E-state index contributed by atoms with van der Waals surface area (Å²) in [6.07, 6.45) is 2.96. The van der Waals surface area contributed by atoms with Gasteiger partial charge in [0, 0.05) is 18.8 Å². The molecule has 6 nitrogen and oxygen atoms in total. The van der Waals surface area contributed by atoms with Crippen molar-refractivity contribution in [3.63, 3.8) is 0 Å². The summed E-state index contributed by atoms with van der Waals surface area (Å²) < 4.78 is 48.2. The fraction of sp³-hybridized carbons (Fsp3) is 1.00. The van der Waals surface area contributed by atoms with Crippen LogP contribution in [0.5, 0.6) is 0 Å². The van der Waals surface area contributed by atoms with E-state index in [-0.39, 0.29) is 12.0 Å². The molecule has 1 heterocycles. The second-order valence-corrected chi connectivity index (χ2v) is 9.96. The van der Waals surface area contributed by atoms with E-state index < -0.39 is 24.9 Å². The van der Waals surface area contributed by atoms with Crippen molar-refractivity contribution in [1.82, 2.24) is 9.62 Å². The van der Waals surface area contributed by atoms with Crippen LogP contribution in [0.25, 0.3) is 0 Å². The largest absolute Gasteiger partial charge is 0.316 e. The van der Waals surface area contributed by atoms with E-state index in [1.54, 1.807) is 13.8 Å². The molecule has 1 saturated heterocycles. The SMILES string of the molecule is CC(C)N(CC1CCCNC1)S(=O)(=O)CS(C)(=O)=O. The lowest BCUT2D eigenvalue weighted by atomic mass is 9.99. The highest BCUT2D eigenvalue weighted by molar-refractivity contribution is 8.06. The predicted octanol–water partition coefficient (Wildman–Crippen LogP) is 0.0283. The number of hydrogen-bond donors (Lipinski definition) is 1. The van der Waals surface area contributed by atoms with Gasteiger partial charge in [-0.1, -0.05) is 0 Å². The van der Waals surface area contributed by atoms with Gasteiger partial charge in [-0.25, -0.2) is 16.8 Å². The smallest absolute Gasteiger partial charge is 0.228 e. The van der Waals surface area contributed by atoms with Gasteiger partial charge in [0.1, 0.15) is 0 Å². The van der Waals surface area contributed by atoms with Gasteiger partial charge in [-0.2, -0.15) is 4.31 Å². The topological polar surface area (TPSA) is 83.6 Å². The second kappa shape index (κ2) is 6.51. The molecule has 1 atom stereocenters. The number of piperidine rings is 1. The molecular formula is C11H24N2O4S2. The summed E-state index contributed by atoms with van der Waals surface area (Å²) in [6.45, 7) is 5.70. The van der Waals surface area contributed by atoms with E-state index >= 15 is 0 Å². The highest BCUT2D eigenvalue weighted by Gasteiger charge is 2.31. The van der Waals surface area contributed by atoms with Crippen LogP contribution in [0, 0.1) is 5.92 Å². The van der Waals surface area contributed by atoms with Crippen LogP contribution < -0.4 is 5.32 Å². The second-order valence-electron chi connectivity index (χ2n) is 5.53. The molecule has 0 aromatic rings.